The van der Waals surface area contributed by atoms with Gasteiger partial charge in [0.2, 0.25) is 0 Å². The van der Waals surface area contributed by atoms with Crippen molar-refractivity contribution in [1.82, 2.24) is 4.90 Å². The molecule has 0 atom stereocenters. The lowest BCUT2D eigenvalue weighted by Crippen LogP contribution is -2.28. The summed E-state index contributed by atoms with van der Waals surface area (Å²) in [6, 6.07) is 3.88. The van der Waals surface area contributed by atoms with E-state index in [1.54, 1.807) is 11.9 Å². The molecule has 0 spiro atoms. The number of carbonyl (C=O) groups is 1. The number of hydrogen-bond acceptors (Lipinski definition) is 2. The Morgan fingerprint density at radius 1 is 1.47 bits per heavy atom. The van der Waals surface area contributed by atoms with Crippen molar-refractivity contribution in [1.29, 1.82) is 0 Å². The molecule has 0 saturated heterocycles. The largest absolute Gasteiger partial charge is 0.384 e. The Labute approximate surface area is 113 Å². The molecular formula is C15H18FNO2. The first kappa shape index (κ1) is 15.2. The van der Waals surface area contributed by atoms with Gasteiger partial charge in [-0.3, -0.25) is 4.79 Å². The number of nitrogens with zero attached hydrogens (tertiary/aromatic N) is 1. The lowest BCUT2D eigenvalue weighted by molar-refractivity contribution is 0.0793. The molecule has 1 aromatic carbocycles. The molecule has 0 aliphatic rings. The molecule has 0 aliphatic carbocycles. The van der Waals surface area contributed by atoms with Crippen molar-refractivity contribution in [2.24, 2.45) is 0 Å². The van der Waals surface area contributed by atoms with Crippen molar-refractivity contribution in [3.63, 3.8) is 0 Å². The predicted octanol–water partition coefficient (Wildman–Crippen LogP) is 2.04. The second kappa shape index (κ2) is 7.55. The van der Waals surface area contributed by atoms with Crippen molar-refractivity contribution < 1.29 is 14.3 Å². The summed E-state index contributed by atoms with van der Waals surface area (Å²) in [6.45, 7) is 2.38. The molecule has 0 aliphatic heterocycles. The molecule has 0 bridgehead atoms. The fourth-order valence-corrected chi connectivity index (χ4v) is 1.64. The second-order valence-corrected chi connectivity index (χ2v) is 4.23. The normalized spacial score (nSPS) is 9.68. The van der Waals surface area contributed by atoms with Crippen molar-refractivity contribution in [3.8, 4) is 11.8 Å². The van der Waals surface area contributed by atoms with Gasteiger partial charge >= 0.3 is 0 Å². The summed E-state index contributed by atoms with van der Waals surface area (Å²) in [5.74, 6) is 4.41. The Bertz CT molecular complexity index is 503. The number of hydrogen-bond donors (Lipinski definition) is 1. The van der Waals surface area contributed by atoms with E-state index in [1.807, 2.05) is 6.92 Å². The van der Waals surface area contributed by atoms with E-state index in [-0.39, 0.29) is 12.5 Å². The first-order valence-electron chi connectivity index (χ1n) is 6.25. The number of aliphatic hydroxyl groups excluding tert-OH is 1. The van der Waals surface area contributed by atoms with Crippen LogP contribution in [0.2, 0.25) is 0 Å². The quantitative estimate of drug-likeness (QED) is 0.845. The maximum absolute atomic E-state index is 13.2. The molecule has 3 nitrogen and oxygen atoms in total. The maximum atomic E-state index is 13.2. The van der Waals surface area contributed by atoms with E-state index in [2.05, 4.69) is 11.8 Å². The Kier molecular flexibility index (Phi) is 6.04. The highest BCUT2D eigenvalue weighted by Crippen LogP contribution is 2.13. The minimum absolute atomic E-state index is 0.185. The van der Waals surface area contributed by atoms with E-state index in [0.717, 1.165) is 12.8 Å². The standard InChI is InChI=1S/C15H18FNO2/c1-3-4-9-17(2)15(19)14-8-7-13(16)11-12(14)6-5-10-18/h7-8,11,18H,3-4,9-10H2,1-2H3. The zero-order valence-electron chi connectivity index (χ0n) is 11.2. The van der Waals surface area contributed by atoms with Crippen LogP contribution in [0, 0.1) is 17.7 Å². The average Bonchev–Trinajstić information content (AvgIpc) is 2.41. The molecule has 1 amide bonds. The highest BCUT2D eigenvalue weighted by molar-refractivity contribution is 5.96. The van der Waals surface area contributed by atoms with Gasteiger partial charge < -0.3 is 10.0 Å². The Morgan fingerprint density at radius 2 is 2.21 bits per heavy atom. The van der Waals surface area contributed by atoms with E-state index in [9.17, 15) is 9.18 Å². The van der Waals surface area contributed by atoms with Crippen LogP contribution in [0.25, 0.3) is 0 Å². The van der Waals surface area contributed by atoms with Gasteiger partial charge in [-0.25, -0.2) is 4.39 Å². The zero-order chi connectivity index (χ0) is 14.3. The highest BCUT2D eigenvalue weighted by Gasteiger charge is 2.15. The van der Waals surface area contributed by atoms with Crippen LogP contribution in [0.15, 0.2) is 18.2 Å². The fraction of sp³-hybridized carbons (Fsp3) is 0.400. The Morgan fingerprint density at radius 3 is 2.84 bits per heavy atom. The van der Waals surface area contributed by atoms with Crippen LogP contribution < -0.4 is 0 Å². The first-order valence-corrected chi connectivity index (χ1v) is 6.25. The summed E-state index contributed by atoms with van der Waals surface area (Å²) in [7, 11) is 1.71. The summed E-state index contributed by atoms with van der Waals surface area (Å²) in [6.07, 6.45) is 1.92. The second-order valence-electron chi connectivity index (χ2n) is 4.23. The third kappa shape index (κ3) is 4.38. The fourth-order valence-electron chi connectivity index (χ4n) is 1.64. The van der Waals surface area contributed by atoms with Crippen LogP contribution in [0.3, 0.4) is 0 Å². The molecule has 0 aromatic heterocycles. The number of aliphatic hydroxyl groups is 1. The highest BCUT2D eigenvalue weighted by atomic mass is 19.1. The van der Waals surface area contributed by atoms with Crippen LogP contribution in [0.1, 0.15) is 35.7 Å². The van der Waals surface area contributed by atoms with E-state index in [4.69, 9.17) is 5.11 Å². The number of rotatable bonds is 4. The molecule has 1 N–H and O–H groups in total. The summed E-state index contributed by atoms with van der Waals surface area (Å²) in [5, 5.41) is 8.69. The first-order chi connectivity index (χ1) is 9.10. The van der Waals surface area contributed by atoms with Gasteiger partial charge in [-0.05, 0) is 24.6 Å². The van der Waals surface area contributed by atoms with E-state index in [1.165, 1.54) is 18.2 Å². The van der Waals surface area contributed by atoms with Gasteiger partial charge in [0, 0.05) is 19.2 Å². The van der Waals surface area contributed by atoms with E-state index >= 15 is 0 Å². The number of amides is 1. The van der Waals surface area contributed by atoms with Gasteiger partial charge in [0.1, 0.15) is 12.4 Å². The van der Waals surface area contributed by atoms with Crippen LogP contribution in [-0.2, 0) is 0 Å². The van der Waals surface area contributed by atoms with Crippen molar-refractivity contribution in [2.75, 3.05) is 20.2 Å². The lowest BCUT2D eigenvalue weighted by atomic mass is 10.1. The third-order valence-electron chi connectivity index (χ3n) is 2.71. The SMILES string of the molecule is CCCCN(C)C(=O)c1ccc(F)cc1C#CCO. The predicted molar refractivity (Wildman–Crippen MR) is 72.2 cm³/mol. The summed E-state index contributed by atoms with van der Waals surface area (Å²) in [5.41, 5.74) is 0.670. The summed E-state index contributed by atoms with van der Waals surface area (Å²) in [4.78, 5) is 13.8. The van der Waals surface area contributed by atoms with Gasteiger partial charge in [0.15, 0.2) is 0 Å². The van der Waals surface area contributed by atoms with Gasteiger partial charge in [-0.1, -0.05) is 25.2 Å². The molecule has 102 valence electrons. The number of carbonyl (C=O) groups excluding carboxylic acids is 1. The van der Waals surface area contributed by atoms with E-state index in [0.29, 0.717) is 17.7 Å². The molecule has 4 heteroatoms. The molecule has 19 heavy (non-hydrogen) atoms. The van der Waals surface area contributed by atoms with Gasteiger partial charge in [0.25, 0.3) is 5.91 Å². The lowest BCUT2D eigenvalue weighted by Gasteiger charge is -2.17. The monoisotopic (exact) mass is 263 g/mol. The van der Waals surface area contributed by atoms with Crippen LogP contribution in [0.5, 0.6) is 0 Å². The molecule has 1 aromatic rings. The zero-order valence-corrected chi connectivity index (χ0v) is 11.2. The number of benzene rings is 1. The Hall–Kier alpha value is -1.86. The maximum Gasteiger partial charge on any atom is 0.254 e. The van der Waals surface area contributed by atoms with Crippen molar-refractivity contribution in [3.05, 3.63) is 35.1 Å². The van der Waals surface area contributed by atoms with Crippen LogP contribution in [0.4, 0.5) is 4.39 Å². The van der Waals surface area contributed by atoms with Gasteiger partial charge in [0.05, 0.1) is 5.56 Å². The molecule has 0 radical (unpaired) electrons. The summed E-state index contributed by atoms with van der Waals surface area (Å²) < 4.78 is 13.2. The van der Waals surface area contributed by atoms with Crippen LogP contribution in [-0.4, -0.2) is 36.1 Å². The average molecular weight is 263 g/mol. The molecular weight excluding hydrogens is 245 g/mol. The molecule has 1 rings (SSSR count). The van der Waals surface area contributed by atoms with E-state index < -0.39 is 5.82 Å². The molecule has 0 unspecified atom stereocenters. The van der Waals surface area contributed by atoms with Crippen LogP contribution >= 0.6 is 0 Å². The van der Waals surface area contributed by atoms with Crippen molar-refractivity contribution in [2.45, 2.75) is 19.8 Å². The molecule has 0 heterocycles. The van der Waals surface area contributed by atoms with Gasteiger partial charge in [-0.15, -0.1) is 0 Å². The van der Waals surface area contributed by atoms with Crippen molar-refractivity contribution >= 4 is 5.91 Å². The summed E-state index contributed by atoms with van der Waals surface area (Å²) >= 11 is 0. The Balaban J connectivity index is 3.01. The topological polar surface area (TPSA) is 40.5 Å². The third-order valence-corrected chi connectivity index (χ3v) is 2.71. The van der Waals surface area contributed by atoms with Gasteiger partial charge in [-0.2, -0.15) is 0 Å². The number of unbranched alkanes of at least 4 members (excludes halogenated alkanes) is 1. The molecule has 0 saturated carbocycles. The number of halogens is 1. The minimum atomic E-state index is -0.449. The molecule has 0 fully saturated rings. The minimum Gasteiger partial charge on any atom is -0.384 e. The smallest absolute Gasteiger partial charge is 0.254 e.